The minimum absolute atomic E-state index is 0.140. The van der Waals surface area contributed by atoms with Crippen molar-refractivity contribution < 1.29 is 4.79 Å². The second-order valence-electron chi connectivity index (χ2n) is 4.64. The molecule has 20 heavy (non-hydrogen) atoms. The van der Waals surface area contributed by atoms with Crippen LogP contribution in [0, 0.1) is 6.92 Å². The highest BCUT2D eigenvalue weighted by atomic mass is 79.9. The molecule has 1 amide bonds. The van der Waals surface area contributed by atoms with E-state index in [0.29, 0.717) is 5.56 Å². The van der Waals surface area contributed by atoms with Gasteiger partial charge in [0.05, 0.1) is 11.7 Å². The van der Waals surface area contributed by atoms with Crippen molar-refractivity contribution in [1.82, 2.24) is 10.2 Å². The van der Waals surface area contributed by atoms with Gasteiger partial charge in [-0.1, -0.05) is 22.0 Å². The first-order chi connectivity index (χ1) is 9.61. The second kappa shape index (κ2) is 5.09. The lowest BCUT2D eigenvalue weighted by Gasteiger charge is -2.07. The van der Waals surface area contributed by atoms with Crippen molar-refractivity contribution in [3.05, 3.63) is 58.2 Å². The van der Waals surface area contributed by atoms with Crippen LogP contribution in [-0.4, -0.2) is 16.1 Å². The van der Waals surface area contributed by atoms with Gasteiger partial charge in [0.2, 0.25) is 0 Å². The number of aryl methyl sites for hydroxylation is 1. The molecule has 100 valence electrons. The van der Waals surface area contributed by atoms with E-state index in [1.165, 1.54) is 0 Å². The summed E-state index contributed by atoms with van der Waals surface area (Å²) in [5.41, 5.74) is 3.30. The van der Waals surface area contributed by atoms with E-state index in [0.717, 1.165) is 26.6 Å². The summed E-state index contributed by atoms with van der Waals surface area (Å²) in [6.45, 7) is 1.98. The van der Waals surface area contributed by atoms with Gasteiger partial charge in [-0.2, -0.15) is 5.10 Å². The number of carbonyl (C=O) groups excluding carboxylic acids is 1. The number of nitrogens with one attached hydrogen (secondary N) is 2. The van der Waals surface area contributed by atoms with Crippen molar-refractivity contribution in [3.63, 3.8) is 0 Å². The molecule has 0 aliphatic rings. The number of amides is 1. The molecule has 0 atom stereocenters. The molecular weight excluding hydrogens is 318 g/mol. The van der Waals surface area contributed by atoms with E-state index in [1.807, 2.05) is 31.2 Å². The number of carbonyl (C=O) groups is 1. The summed E-state index contributed by atoms with van der Waals surface area (Å²) in [6, 6.07) is 11.3. The molecule has 1 heterocycles. The first kappa shape index (κ1) is 12.9. The molecule has 0 aliphatic carbocycles. The molecule has 0 fully saturated rings. The van der Waals surface area contributed by atoms with E-state index in [2.05, 4.69) is 31.4 Å². The Kier molecular flexibility index (Phi) is 3.28. The number of aromatic amines is 1. The average molecular weight is 330 g/mol. The van der Waals surface area contributed by atoms with Crippen molar-refractivity contribution in [3.8, 4) is 0 Å². The van der Waals surface area contributed by atoms with Gasteiger partial charge < -0.3 is 5.32 Å². The highest BCUT2D eigenvalue weighted by Crippen LogP contribution is 2.20. The van der Waals surface area contributed by atoms with Crippen LogP contribution in [0.25, 0.3) is 10.9 Å². The Morgan fingerprint density at radius 3 is 2.90 bits per heavy atom. The van der Waals surface area contributed by atoms with Crippen LogP contribution in [0.3, 0.4) is 0 Å². The highest BCUT2D eigenvalue weighted by Gasteiger charge is 2.08. The number of halogens is 1. The van der Waals surface area contributed by atoms with Crippen molar-refractivity contribution in [1.29, 1.82) is 0 Å². The molecule has 3 aromatic rings. The summed E-state index contributed by atoms with van der Waals surface area (Å²) < 4.78 is 0.942. The quantitative estimate of drug-likeness (QED) is 0.749. The van der Waals surface area contributed by atoms with Gasteiger partial charge in [-0.3, -0.25) is 9.89 Å². The lowest BCUT2D eigenvalue weighted by molar-refractivity contribution is 0.102. The van der Waals surface area contributed by atoms with E-state index in [1.54, 1.807) is 18.3 Å². The molecule has 2 aromatic carbocycles. The lowest BCUT2D eigenvalue weighted by Crippen LogP contribution is -2.11. The van der Waals surface area contributed by atoms with Crippen LogP contribution in [0.2, 0.25) is 0 Å². The molecule has 0 aliphatic heterocycles. The highest BCUT2D eigenvalue weighted by molar-refractivity contribution is 9.10. The zero-order chi connectivity index (χ0) is 14.1. The molecular formula is C15H12BrN3O. The van der Waals surface area contributed by atoms with Gasteiger partial charge in [-0.05, 0) is 42.8 Å². The Labute approximate surface area is 124 Å². The topological polar surface area (TPSA) is 57.8 Å². The summed E-state index contributed by atoms with van der Waals surface area (Å²) in [6.07, 6.45) is 1.73. The molecule has 3 rings (SSSR count). The molecule has 4 nitrogen and oxygen atoms in total. The fourth-order valence-corrected chi connectivity index (χ4v) is 2.70. The smallest absolute Gasteiger partial charge is 0.255 e. The predicted octanol–water partition coefficient (Wildman–Crippen LogP) is 3.89. The van der Waals surface area contributed by atoms with Crippen molar-refractivity contribution >= 4 is 38.4 Å². The maximum atomic E-state index is 12.2. The first-order valence-corrected chi connectivity index (χ1v) is 6.93. The maximum absolute atomic E-state index is 12.2. The summed E-state index contributed by atoms with van der Waals surface area (Å²) in [5, 5.41) is 10.7. The monoisotopic (exact) mass is 329 g/mol. The van der Waals surface area contributed by atoms with E-state index >= 15 is 0 Å². The lowest BCUT2D eigenvalue weighted by atomic mass is 10.1. The van der Waals surface area contributed by atoms with E-state index in [4.69, 9.17) is 0 Å². The summed E-state index contributed by atoms with van der Waals surface area (Å²) >= 11 is 3.42. The van der Waals surface area contributed by atoms with Crippen LogP contribution in [0.15, 0.2) is 47.1 Å². The standard InChI is InChI=1S/C15H12BrN3O/c1-9-4-12(16)7-13(5-9)18-15(20)10-2-3-11-8-17-19-14(11)6-10/h2-8H,1H3,(H,17,19)(H,18,20). The summed E-state index contributed by atoms with van der Waals surface area (Å²) in [5.74, 6) is -0.140. The molecule has 0 radical (unpaired) electrons. The summed E-state index contributed by atoms with van der Waals surface area (Å²) in [7, 11) is 0. The number of benzene rings is 2. The van der Waals surface area contributed by atoms with Crippen LogP contribution in [0.1, 0.15) is 15.9 Å². The average Bonchev–Trinajstić information content (AvgIpc) is 2.84. The van der Waals surface area contributed by atoms with Crippen molar-refractivity contribution in [2.24, 2.45) is 0 Å². The molecule has 0 saturated carbocycles. The van der Waals surface area contributed by atoms with Crippen LogP contribution in [-0.2, 0) is 0 Å². The largest absolute Gasteiger partial charge is 0.322 e. The molecule has 2 N–H and O–H groups in total. The Hall–Kier alpha value is -2.14. The number of aromatic nitrogens is 2. The van der Waals surface area contributed by atoms with Crippen molar-refractivity contribution in [2.75, 3.05) is 5.32 Å². The fraction of sp³-hybridized carbons (Fsp3) is 0.0667. The maximum Gasteiger partial charge on any atom is 0.255 e. The van der Waals surface area contributed by atoms with E-state index in [9.17, 15) is 4.79 Å². The number of rotatable bonds is 2. The van der Waals surface area contributed by atoms with Gasteiger partial charge in [-0.15, -0.1) is 0 Å². The van der Waals surface area contributed by atoms with Gasteiger partial charge in [-0.25, -0.2) is 0 Å². The molecule has 0 bridgehead atoms. The molecule has 1 aromatic heterocycles. The SMILES string of the molecule is Cc1cc(Br)cc(NC(=O)c2ccc3cn[nH]c3c2)c1. The van der Waals surface area contributed by atoms with E-state index in [-0.39, 0.29) is 5.91 Å². The Balaban J connectivity index is 1.88. The zero-order valence-electron chi connectivity index (χ0n) is 10.8. The number of hydrogen-bond donors (Lipinski definition) is 2. The molecule has 5 heteroatoms. The Morgan fingerprint density at radius 2 is 2.10 bits per heavy atom. The number of nitrogens with zero attached hydrogens (tertiary/aromatic N) is 1. The number of hydrogen-bond acceptors (Lipinski definition) is 2. The summed E-state index contributed by atoms with van der Waals surface area (Å²) in [4.78, 5) is 12.2. The van der Waals surface area contributed by atoms with Gasteiger partial charge in [0, 0.05) is 21.1 Å². The van der Waals surface area contributed by atoms with Crippen molar-refractivity contribution in [2.45, 2.75) is 6.92 Å². The van der Waals surface area contributed by atoms with Gasteiger partial charge in [0.15, 0.2) is 0 Å². The first-order valence-electron chi connectivity index (χ1n) is 6.13. The third-order valence-corrected chi connectivity index (χ3v) is 3.46. The number of anilines is 1. The third kappa shape index (κ3) is 2.58. The Morgan fingerprint density at radius 1 is 1.25 bits per heavy atom. The van der Waals surface area contributed by atoms with Gasteiger partial charge >= 0.3 is 0 Å². The van der Waals surface area contributed by atoms with Crippen LogP contribution in [0.5, 0.6) is 0 Å². The predicted molar refractivity (Wildman–Crippen MR) is 82.9 cm³/mol. The van der Waals surface area contributed by atoms with Crippen LogP contribution < -0.4 is 5.32 Å². The molecule has 0 saturated heterocycles. The Bertz CT molecular complexity index is 774. The number of H-pyrrole nitrogens is 1. The second-order valence-corrected chi connectivity index (χ2v) is 5.56. The normalized spacial score (nSPS) is 10.7. The third-order valence-electron chi connectivity index (χ3n) is 3.00. The molecule has 0 unspecified atom stereocenters. The number of fused-ring (bicyclic) bond motifs is 1. The molecule has 0 spiro atoms. The fourth-order valence-electron chi connectivity index (χ4n) is 2.09. The van der Waals surface area contributed by atoms with Gasteiger partial charge in [0.1, 0.15) is 0 Å². The minimum atomic E-state index is -0.140. The van der Waals surface area contributed by atoms with Gasteiger partial charge in [0.25, 0.3) is 5.91 Å². The zero-order valence-corrected chi connectivity index (χ0v) is 12.4. The van der Waals surface area contributed by atoms with E-state index < -0.39 is 0 Å². The van der Waals surface area contributed by atoms with Crippen LogP contribution in [0.4, 0.5) is 5.69 Å². The minimum Gasteiger partial charge on any atom is -0.322 e. The van der Waals surface area contributed by atoms with Crippen LogP contribution >= 0.6 is 15.9 Å².